The van der Waals surface area contributed by atoms with E-state index in [4.69, 9.17) is 4.74 Å². The molecule has 0 radical (unpaired) electrons. The van der Waals surface area contributed by atoms with E-state index in [0.29, 0.717) is 17.3 Å². The van der Waals surface area contributed by atoms with Crippen molar-refractivity contribution < 1.29 is 13.2 Å². The second-order valence-corrected chi connectivity index (χ2v) is 9.52. The first kappa shape index (κ1) is 19.9. The Balaban J connectivity index is 1.66. The average Bonchev–Trinajstić information content (AvgIpc) is 3.17. The Morgan fingerprint density at radius 2 is 1.83 bits per heavy atom. The minimum atomic E-state index is -3.67. The lowest BCUT2D eigenvalue weighted by molar-refractivity contribution is 0.100. The molecule has 2 aromatic carbocycles. The lowest BCUT2D eigenvalue weighted by Crippen LogP contribution is -2.49. The van der Waals surface area contributed by atoms with Gasteiger partial charge in [0, 0.05) is 43.8 Å². The first-order valence-corrected chi connectivity index (χ1v) is 11.3. The van der Waals surface area contributed by atoms with Gasteiger partial charge in [-0.15, -0.1) is 0 Å². The Labute approximate surface area is 172 Å². The summed E-state index contributed by atoms with van der Waals surface area (Å²) in [6, 6.07) is 14.8. The van der Waals surface area contributed by atoms with Crippen LogP contribution in [0.1, 0.15) is 12.5 Å². The molecule has 7 heteroatoms. The number of piperazine rings is 1. The topological polar surface area (TPSA) is 54.8 Å². The molecule has 0 spiro atoms. The first-order valence-electron chi connectivity index (χ1n) is 9.81. The van der Waals surface area contributed by atoms with Gasteiger partial charge in [-0.1, -0.05) is 12.1 Å². The van der Waals surface area contributed by atoms with Crippen LogP contribution in [0.15, 0.2) is 59.6 Å². The van der Waals surface area contributed by atoms with Crippen molar-refractivity contribution in [3.63, 3.8) is 0 Å². The molecule has 3 aromatic rings. The summed E-state index contributed by atoms with van der Waals surface area (Å²) in [6.07, 6.45) is 1.65. The number of hydrogen-bond acceptors (Lipinski definition) is 5. The summed E-state index contributed by atoms with van der Waals surface area (Å²) in [5.74, 6) is 0.630. The van der Waals surface area contributed by atoms with Crippen LogP contribution in [0.3, 0.4) is 0 Å². The van der Waals surface area contributed by atoms with E-state index in [2.05, 4.69) is 29.8 Å². The Morgan fingerprint density at radius 1 is 1.07 bits per heavy atom. The highest BCUT2D eigenvalue weighted by atomic mass is 32.2. The van der Waals surface area contributed by atoms with Gasteiger partial charge in [-0.25, -0.2) is 12.4 Å². The van der Waals surface area contributed by atoms with Crippen LogP contribution in [0, 0.1) is 0 Å². The molecule has 4 rings (SSSR count). The molecule has 0 amide bonds. The van der Waals surface area contributed by atoms with Crippen molar-refractivity contribution in [3.8, 4) is 5.75 Å². The second-order valence-electron chi connectivity index (χ2n) is 7.71. The molecule has 1 saturated heterocycles. The molecule has 0 saturated carbocycles. The van der Waals surface area contributed by atoms with Crippen LogP contribution < -0.4 is 4.74 Å². The zero-order valence-electron chi connectivity index (χ0n) is 17.1. The summed E-state index contributed by atoms with van der Waals surface area (Å²) >= 11 is 0. The fraction of sp³-hybridized carbons (Fsp3) is 0.364. The van der Waals surface area contributed by atoms with Gasteiger partial charge in [-0.3, -0.25) is 4.90 Å². The van der Waals surface area contributed by atoms with Crippen molar-refractivity contribution in [2.45, 2.75) is 24.4 Å². The van der Waals surface area contributed by atoms with Crippen LogP contribution in [0.4, 0.5) is 0 Å². The highest BCUT2D eigenvalue weighted by Crippen LogP contribution is 2.27. The van der Waals surface area contributed by atoms with Gasteiger partial charge in [0.1, 0.15) is 5.75 Å². The van der Waals surface area contributed by atoms with Gasteiger partial charge in [0.25, 0.3) is 10.0 Å². The van der Waals surface area contributed by atoms with Crippen LogP contribution in [-0.2, 0) is 16.6 Å². The van der Waals surface area contributed by atoms with Gasteiger partial charge in [0.15, 0.2) is 0 Å². The van der Waals surface area contributed by atoms with Gasteiger partial charge < -0.3 is 9.64 Å². The molecule has 1 aliphatic heterocycles. The standard InChI is InChI=1S/C22H27N3O3S/c1-17-15-24(14-13-23(17)2)16-18-5-4-6-22-21(18)11-12-25(22)29(26,27)20-9-7-19(28-3)8-10-20/h4-12,17H,13-16H2,1-3H3. The van der Waals surface area contributed by atoms with Gasteiger partial charge in [0.05, 0.1) is 17.5 Å². The Morgan fingerprint density at radius 3 is 2.52 bits per heavy atom. The summed E-state index contributed by atoms with van der Waals surface area (Å²) in [4.78, 5) is 5.05. The summed E-state index contributed by atoms with van der Waals surface area (Å²) in [5, 5.41) is 0.983. The van der Waals surface area contributed by atoms with E-state index in [0.717, 1.165) is 37.1 Å². The zero-order chi connectivity index (χ0) is 20.6. The molecule has 1 aliphatic rings. The molecule has 0 N–H and O–H groups in total. The monoisotopic (exact) mass is 413 g/mol. The number of fused-ring (bicyclic) bond motifs is 1. The van der Waals surface area contributed by atoms with Crippen molar-refractivity contribution >= 4 is 20.9 Å². The Kier molecular flexibility index (Phi) is 5.38. The van der Waals surface area contributed by atoms with Crippen LogP contribution >= 0.6 is 0 Å². The zero-order valence-corrected chi connectivity index (χ0v) is 17.9. The van der Waals surface area contributed by atoms with Gasteiger partial charge in [0.2, 0.25) is 0 Å². The van der Waals surface area contributed by atoms with Crippen LogP contribution in [0.2, 0.25) is 0 Å². The van der Waals surface area contributed by atoms with Crippen LogP contribution in [0.5, 0.6) is 5.75 Å². The number of aromatic nitrogens is 1. The van der Waals surface area contributed by atoms with Crippen molar-refractivity contribution in [2.24, 2.45) is 0 Å². The molecule has 29 heavy (non-hydrogen) atoms. The lowest BCUT2D eigenvalue weighted by atomic mass is 10.1. The molecule has 0 aliphatic carbocycles. The van der Waals surface area contributed by atoms with E-state index in [1.807, 2.05) is 18.2 Å². The predicted molar refractivity (Wildman–Crippen MR) is 115 cm³/mol. The number of nitrogens with zero attached hydrogens (tertiary/aromatic N) is 3. The first-order chi connectivity index (χ1) is 13.9. The quantitative estimate of drug-likeness (QED) is 0.644. The minimum absolute atomic E-state index is 0.245. The van der Waals surface area contributed by atoms with E-state index >= 15 is 0 Å². The highest BCUT2D eigenvalue weighted by Gasteiger charge is 2.23. The molecular weight excluding hydrogens is 386 g/mol. The van der Waals surface area contributed by atoms with E-state index in [-0.39, 0.29) is 4.90 Å². The smallest absolute Gasteiger partial charge is 0.268 e. The Bertz CT molecular complexity index is 1110. The van der Waals surface area contributed by atoms with Crippen LogP contribution in [-0.4, -0.2) is 62.0 Å². The maximum absolute atomic E-state index is 13.2. The van der Waals surface area contributed by atoms with Gasteiger partial charge >= 0.3 is 0 Å². The normalized spacial score (nSPS) is 18.9. The summed E-state index contributed by atoms with van der Waals surface area (Å²) in [6.45, 7) is 6.14. The molecule has 6 nitrogen and oxygen atoms in total. The number of methoxy groups -OCH3 is 1. The van der Waals surface area contributed by atoms with Gasteiger partial charge in [-0.2, -0.15) is 0 Å². The number of ether oxygens (including phenoxy) is 1. The Hall–Kier alpha value is -2.35. The third kappa shape index (κ3) is 3.77. The number of benzene rings is 2. The number of hydrogen-bond donors (Lipinski definition) is 0. The molecule has 1 unspecified atom stereocenters. The summed E-state index contributed by atoms with van der Waals surface area (Å²) in [7, 11) is 0.0484. The van der Waals surface area contributed by atoms with Crippen molar-refractivity contribution in [3.05, 3.63) is 60.3 Å². The van der Waals surface area contributed by atoms with Crippen molar-refractivity contribution in [2.75, 3.05) is 33.8 Å². The predicted octanol–water partition coefficient (Wildman–Crippen LogP) is 3.02. The largest absolute Gasteiger partial charge is 0.497 e. The van der Waals surface area contributed by atoms with E-state index in [1.54, 1.807) is 37.6 Å². The summed E-state index contributed by atoms with van der Waals surface area (Å²) in [5.41, 5.74) is 1.86. The van der Waals surface area contributed by atoms with E-state index in [1.165, 1.54) is 3.97 Å². The van der Waals surface area contributed by atoms with Crippen LogP contribution in [0.25, 0.3) is 10.9 Å². The molecule has 0 bridgehead atoms. The van der Waals surface area contributed by atoms with Crippen molar-refractivity contribution in [1.29, 1.82) is 0 Å². The highest BCUT2D eigenvalue weighted by molar-refractivity contribution is 7.90. The van der Waals surface area contributed by atoms with E-state index in [9.17, 15) is 8.42 Å². The lowest BCUT2D eigenvalue weighted by Gasteiger charge is -2.37. The van der Waals surface area contributed by atoms with E-state index < -0.39 is 10.0 Å². The number of likely N-dealkylation sites (N-methyl/N-ethyl adjacent to an activating group) is 1. The maximum atomic E-state index is 13.2. The molecule has 2 heterocycles. The minimum Gasteiger partial charge on any atom is -0.497 e. The molecule has 1 fully saturated rings. The van der Waals surface area contributed by atoms with Gasteiger partial charge in [-0.05, 0) is 55.9 Å². The summed E-state index contributed by atoms with van der Waals surface area (Å²) < 4.78 is 32.9. The van der Waals surface area contributed by atoms with Crippen molar-refractivity contribution in [1.82, 2.24) is 13.8 Å². The second kappa shape index (κ2) is 7.82. The molecule has 154 valence electrons. The SMILES string of the molecule is COc1ccc(S(=O)(=O)n2ccc3c(CN4CCN(C)C(C)C4)cccc32)cc1. The molecule has 1 atom stereocenters. The fourth-order valence-corrected chi connectivity index (χ4v) is 5.27. The third-order valence-corrected chi connectivity index (χ3v) is 7.55. The molecular formula is C22H27N3O3S. The number of rotatable bonds is 5. The molecule has 1 aromatic heterocycles. The fourth-order valence-electron chi connectivity index (χ4n) is 3.92. The average molecular weight is 414 g/mol. The third-order valence-electron chi connectivity index (χ3n) is 5.84. The maximum Gasteiger partial charge on any atom is 0.268 e.